The van der Waals surface area contributed by atoms with Gasteiger partial charge in [0.25, 0.3) is 0 Å². The van der Waals surface area contributed by atoms with Crippen molar-refractivity contribution in [1.82, 2.24) is 15.2 Å². The molecule has 2 aromatic heterocycles. The van der Waals surface area contributed by atoms with Crippen molar-refractivity contribution in [2.45, 2.75) is 10.6 Å². The molecule has 1 aromatic carbocycles. The van der Waals surface area contributed by atoms with Crippen molar-refractivity contribution in [2.75, 3.05) is 0 Å². The molecular weight excluding hydrogens is 346 g/mol. The van der Waals surface area contributed by atoms with Gasteiger partial charge in [-0.15, -0.1) is 0 Å². The number of nitrogens with zero attached hydrogens (tertiary/aromatic N) is 2. The molecule has 2 heterocycles. The number of sulfone groups is 1. The Morgan fingerprint density at radius 3 is 2.68 bits per heavy atom. The van der Waals surface area contributed by atoms with Crippen LogP contribution in [0.15, 0.2) is 64.4 Å². The molecule has 9 heteroatoms. The zero-order valence-corrected chi connectivity index (χ0v) is 13.6. The zero-order valence-electron chi connectivity index (χ0n) is 12.8. The quantitative estimate of drug-likeness (QED) is 0.392. The molecule has 0 bridgehead atoms. The van der Waals surface area contributed by atoms with Crippen LogP contribution in [-0.4, -0.2) is 34.5 Å². The second-order valence-corrected chi connectivity index (χ2v) is 7.05. The van der Waals surface area contributed by atoms with E-state index in [0.29, 0.717) is 0 Å². The van der Waals surface area contributed by atoms with E-state index in [2.05, 4.69) is 15.2 Å². The van der Waals surface area contributed by atoms with E-state index in [0.717, 1.165) is 12.4 Å². The molecule has 0 saturated carbocycles. The van der Waals surface area contributed by atoms with Gasteiger partial charge in [-0.2, -0.15) is 5.10 Å². The van der Waals surface area contributed by atoms with Gasteiger partial charge in [-0.05, 0) is 18.2 Å². The molecule has 0 radical (unpaired) electrons. The van der Waals surface area contributed by atoms with Crippen LogP contribution in [0.2, 0.25) is 0 Å². The number of ketones is 1. The predicted octanol–water partition coefficient (Wildman–Crippen LogP) is 2.15. The topological polar surface area (TPSA) is 126 Å². The van der Waals surface area contributed by atoms with Crippen molar-refractivity contribution in [1.29, 1.82) is 0 Å². The Labute approximate surface area is 142 Å². The molecule has 0 amide bonds. The summed E-state index contributed by atoms with van der Waals surface area (Å²) >= 11 is 0. The summed E-state index contributed by atoms with van der Waals surface area (Å²) in [5, 5.41) is 16.1. The fraction of sp³-hybridized carbons (Fsp3) is 0.0625. The van der Waals surface area contributed by atoms with Crippen LogP contribution >= 0.6 is 0 Å². The third-order valence-electron chi connectivity index (χ3n) is 3.36. The molecule has 0 aliphatic carbocycles. The molecule has 0 saturated heterocycles. The SMILES string of the molecule is O=C(C=C(O)c1ccoc1CS(=O)(=O)c1ccccc1)c1ncn[nH]1. The highest BCUT2D eigenvalue weighted by Gasteiger charge is 2.21. The Hall–Kier alpha value is -3.20. The van der Waals surface area contributed by atoms with Crippen molar-refractivity contribution in [2.24, 2.45) is 0 Å². The minimum atomic E-state index is -3.66. The third kappa shape index (κ3) is 3.66. The number of furan rings is 1. The number of benzene rings is 1. The molecule has 3 rings (SSSR count). The monoisotopic (exact) mass is 359 g/mol. The van der Waals surface area contributed by atoms with E-state index in [1.807, 2.05) is 0 Å². The molecule has 0 aliphatic rings. The number of hydrogen-bond donors (Lipinski definition) is 2. The molecule has 3 aromatic rings. The number of allylic oxidation sites excluding steroid dienone is 1. The number of rotatable bonds is 6. The Balaban J connectivity index is 1.87. The highest BCUT2D eigenvalue weighted by atomic mass is 32.2. The molecule has 0 unspecified atom stereocenters. The summed E-state index contributed by atoms with van der Waals surface area (Å²) in [6.07, 6.45) is 3.33. The van der Waals surface area contributed by atoms with Gasteiger partial charge in [-0.3, -0.25) is 9.89 Å². The third-order valence-corrected chi connectivity index (χ3v) is 4.99. The van der Waals surface area contributed by atoms with E-state index in [4.69, 9.17) is 4.42 Å². The largest absolute Gasteiger partial charge is 0.507 e. The second-order valence-electron chi connectivity index (χ2n) is 5.06. The van der Waals surface area contributed by atoms with Crippen molar-refractivity contribution in [3.05, 3.63) is 72.2 Å². The fourth-order valence-corrected chi connectivity index (χ4v) is 3.47. The maximum absolute atomic E-state index is 12.4. The lowest BCUT2D eigenvalue weighted by atomic mass is 10.2. The fourth-order valence-electron chi connectivity index (χ4n) is 2.16. The van der Waals surface area contributed by atoms with Gasteiger partial charge in [0.2, 0.25) is 5.78 Å². The first-order valence-electron chi connectivity index (χ1n) is 7.12. The number of aromatic nitrogens is 3. The van der Waals surface area contributed by atoms with Crippen molar-refractivity contribution in [3.63, 3.8) is 0 Å². The summed E-state index contributed by atoms with van der Waals surface area (Å²) in [5.41, 5.74) is 0.118. The van der Waals surface area contributed by atoms with Gasteiger partial charge in [0.1, 0.15) is 23.6 Å². The number of nitrogens with one attached hydrogen (secondary N) is 1. The van der Waals surface area contributed by atoms with Crippen LogP contribution < -0.4 is 0 Å². The van der Waals surface area contributed by atoms with Gasteiger partial charge < -0.3 is 9.52 Å². The van der Waals surface area contributed by atoms with Crippen LogP contribution in [0.25, 0.3) is 5.76 Å². The van der Waals surface area contributed by atoms with Gasteiger partial charge >= 0.3 is 0 Å². The molecule has 8 nitrogen and oxygen atoms in total. The Morgan fingerprint density at radius 1 is 1.24 bits per heavy atom. The van der Waals surface area contributed by atoms with Gasteiger partial charge in [-0.1, -0.05) is 18.2 Å². The summed E-state index contributed by atoms with van der Waals surface area (Å²) in [6, 6.07) is 9.27. The molecule has 0 atom stereocenters. The molecule has 0 aliphatic heterocycles. The maximum atomic E-state index is 12.4. The van der Waals surface area contributed by atoms with Gasteiger partial charge in [0.15, 0.2) is 15.7 Å². The average molecular weight is 359 g/mol. The number of carbonyl (C=O) groups is 1. The van der Waals surface area contributed by atoms with Crippen molar-refractivity contribution >= 4 is 21.4 Å². The minimum Gasteiger partial charge on any atom is -0.507 e. The second kappa shape index (κ2) is 6.73. The van der Waals surface area contributed by atoms with E-state index in [1.54, 1.807) is 18.2 Å². The predicted molar refractivity (Wildman–Crippen MR) is 87.4 cm³/mol. The highest BCUT2D eigenvalue weighted by molar-refractivity contribution is 7.90. The molecule has 128 valence electrons. The minimum absolute atomic E-state index is 0.0305. The van der Waals surface area contributed by atoms with Crippen molar-refractivity contribution < 1.29 is 22.7 Å². The Bertz CT molecular complexity index is 1010. The van der Waals surface area contributed by atoms with Crippen LogP contribution in [-0.2, 0) is 15.6 Å². The van der Waals surface area contributed by atoms with Gasteiger partial charge in [0.05, 0.1) is 16.7 Å². The van der Waals surface area contributed by atoms with Crippen molar-refractivity contribution in [3.8, 4) is 0 Å². The van der Waals surface area contributed by atoms with Crippen LogP contribution in [0.1, 0.15) is 21.9 Å². The Morgan fingerprint density at radius 2 is 2.00 bits per heavy atom. The highest BCUT2D eigenvalue weighted by Crippen LogP contribution is 2.24. The average Bonchev–Trinajstić information content (AvgIpc) is 3.27. The number of aliphatic hydroxyl groups excluding tert-OH is 1. The summed E-state index contributed by atoms with van der Waals surface area (Å²) < 4.78 is 30.1. The summed E-state index contributed by atoms with van der Waals surface area (Å²) in [7, 11) is -3.66. The standard InChI is InChI=1S/C16H13N3O5S/c20-13(8-14(21)16-17-10-18-19-16)12-6-7-24-15(12)9-25(22,23)11-4-2-1-3-5-11/h1-8,10,20H,9H2,(H,17,18,19). The molecule has 0 fully saturated rings. The first-order chi connectivity index (χ1) is 12.0. The molecule has 25 heavy (non-hydrogen) atoms. The number of hydrogen-bond acceptors (Lipinski definition) is 7. The smallest absolute Gasteiger partial charge is 0.226 e. The van der Waals surface area contributed by atoms with Gasteiger partial charge in [0, 0.05) is 6.08 Å². The summed E-state index contributed by atoms with van der Waals surface area (Å²) in [4.78, 5) is 15.7. The lowest BCUT2D eigenvalue weighted by Crippen LogP contribution is -2.06. The lowest BCUT2D eigenvalue weighted by molar-refractivity contribution is 0.103. The van der Waals surface area contributed by atoms with Crippen LogP contribution in [0, 0.1) is 0 Å². The lowest BCUT2D eigenvalue weighted by Gasteiger charge is -2.04. The number of carbonyl (C=O) groups excluding carboxylic acids is 1. The van der Waals surface area contributed by atoms with E-state index < -0.39 is 27.1 Å². The first-order valence-corrected chi connectivity index (χ1v) is 8.77. The molecule has 2 N–H and O–H groups in total. The van der Waals surface area contributed by atoms with Crippen LogP contribution in [0.4, 0.5) is 0 Å². The first kappa shape index (κ1) is 16.7. The summed E-state index contributed by atoms with van der Waals surface area (Å²) in [5.74, 6) is -1.49. The number of aromatic amines is 1. The van der Waals surface area contributed by atoms with Crippen LogP contribution in [0.5, 0.6) is 0 Å². The Kier molecular flexibility index (Phi) is 4.48. The number of H-pyrrole nitrogens is 1. The van der Waals surface area contributed by atoms with Crippen LogP contribution in [0.3, 0.4) is 0 Å². The zero-order chi connectivity index (χ0) is 17.9. The molecular formula is C16H13N3O5S. The van der Waals surface area contributed by atoms with E-state index in [9.17, 15) is 18.3 Å². The van der Waals surface area contributed by atoms with E-state index in [1.165, 1.54) is 24.5 Å². The normalized spacial score (nSPS) is 12.2. The number of aliphatic hydroxyl groups is 1. The maximum Gasteiger partial charge on any atom is 0.226 e. The van der Waals surface area contributed by atoms with E-state index in [-0.39, 0.29) is 22.0 Å². The van der Waals surface area contributed by atoms with Gasteiger partial charge in [-0.25, -0.2) is 13.4 Å². The van der Waals surface area contributed by atoms with E-state index >= 15 is 0 Å². The summed E-state index contributed by atoms with van der Waals surface area (Å²) in [6.45, 7) is 0. The molecule has 0 spiro atoms.